The highest BCUT2D eigenvalue weighted by Crippen LogP contribution is 2.31. The molecule has 12 nitrogen and oxygen atoms in total. The van der Waals surface area contributed by atoms with Gasteiger partial charge in [0, 0.05) is 56.2 Å². The largest absolute Gasteiger partial charge is 0.507 e. The molecule has 1 amide bonds. The van der Waals surface area contributed by atoms with Gasteiger partial charge in [-0.25, -0.2) is 14.8 Å². The number of nitrogens with two attached hydrogens (primary N) is 1. The number of ether oxygens (including phenoxy) is 1. The number of piperidine rings is 2. The van der Waals surface area contributed by atoms with Gasteiger partial charge in [0.25, 0.3) is 0 Å². The van der Waals surface area contributed by atoms with Crippen LogP contribution in [0.3, 0.4) is 0 Å². The van der Waals surface area contributed by atoms with Gasteiger partial charge in [0.1, 0.15) is 17.2 Å². The van der Waals surface area contributed by atoms with Gasteiger partial charge in [-0.1, -0.05) is 12.1 Å². The highest BCUT2D eigenvalue weighted by Gasteiger charge is 2.28. The number of aromatic nitrogens is 4. The molecule has 0 saturated carbocycles. The zero-order valence-corrected chi connectivity index (χ0v) is 26.9. The van der Waals surface area contributed by atoms with Crippen molar-refractivity contribution in [1.82, 2.24) is 25.1 Å². The van der Waals surface area contributed by atoms with Crippen LogP contribution < -0.4 is 16.0 Å². The molecule has 2 aliphatic rings. The highest BCUT2D eigenvalue weighted by molar-refractivity contribution is 6.01. The normalized spacial score (nSPS) is 17.1. The van der Waals surface area contributed by atoms with Crippen LogP contribution in [0.4, 0.5) is 16.4 Å². The number of likely N-dealkylation sites (tertiary alicyclic amines) is 1. The lowest BCUT2D eigenvalue weighted by Gasteiger charge is -2.34. The summed E-state index contributed by atoms with van der Waals surface area (Å²) in [5.74, 6) is 1.51. The zero-order valence-electron chi connectivity index (χ0n) is 26.9. The number of carbonyl (C=O) groups excluding carboxylic acids is 1. The maximum Gasteiger partial charge on any atom is 0.410 e. The third kappa shape index (κ3) is 8.17. The second-order valence-corrected chi connectivity index (χ2v) is 13.1. The number of rotatable bonds is 7. The van der Waals surface area contributed by atoms with Gasteiger partial charge in [0.05, 0.1) is 11.4 Å². The van der Waals surface area contributed by atoms with Crippen molar-refractivity contribution in [2.45, 2.75) is 83.9 Å². The molecule has 2 aromatic heterocycles. The number of amidine groups is 1. The molecule has 0 unspecified atom stereocenters. The maximum absolute atomic E-state index is 12.4. The van der Waals surface area contributed by atoms with Crippen LogP contribution in [-0.2, 0) is 4.74 Å². The van der Waals surface area contributed by atoms with Gasteiger partial charge in [0.2, 0.25) is 5.95 Å². The average molecular weight is 616 g/mol. The Balaban J connectivity index is 1.20. The Hall–Kier alpha value is -4.48. The number of hydrogen-bond acceptors (Lipinski definition) is 10. The summed E-state index contributed by atoms with van der Waals surface area (Å²) in [6, 6.07) is 9.13. The van der Waals surface area contributed by atoms with Gasteiger partial charge in [-0.2, -0.15) is 0 Å². The van der Waals surface area contributed by atoms with Crippen LogP contribution in [0.2, 0.25) is 0 Å². The van der Waals surface area contributed by atoms with Crippen LogP contribution in [0, 0.1) is 0 Å². The first kappa shape index (κ1) is 31.9. The molecule has 240 valence electrons. The molecule has 2 saturated heterocycles. The predicted molar refractivity (Wildman–Crippen MR) is 176 cm³/mol. The predicted octanol–water partition coefficient (Wildman–Crippen LogP) is 4.95. The molecule has 4 N–H and O–H groups in total. The first-order valence-electron chi connectivity index (χ1n) is 15.8. The van der Waals surface area contributed by atoms with E-state index in [1.165, 1.54) is 0 Å². The van der Waals surface area contributed by atoms with Crippen LogP contribution >= 0.6 is 0 Å². The van der Waals surface area contributed by atoms with E-state index in [-0.39, 0.29) is 23.9 Å². The Morgan fingerprint density at radius 2 is 1.71 bits per heavy atom. The average Bonchev–Trinajstić information content (AvgIpc) is 3.01. The first-order chi connectivity index (χ1) is 21.5. The number of hydrogen-bond donors (Lipinski definition) is 3. The summed E-state index contributed by atoms with van der Waals surface area (Å²) in [6.07, 6.45) is 7.09. The Bertz CT molecular complexity index is 1490. The van der Waals surface area contributed by atoms with Gasteiger partial charge in [-0.05, 0) is 90.0 Å². The van der Waals surface area contributed by atoms with Crippen molar-refractivity contribution >= 4 is 23.6 Å². The number of nitrogens with one attached hydrogen (secondary N) is 1. The molecule has 45 heavy (non-hydrogen) atoms. The van der Waals surface area contributed by atoms with Crippen molar-refractivity contribution in [3.63, 3.8) is 0 Å². The summed E-state index contributed by atoms with van der Waals surface area (Å²) in [4.78, 5) is 30.4. The van der Waals surface area contributed by atoms with Crippen LogP contribution in [0.25, 0.3) is 11.3 Å². The number of amides is 1. The molecule has 2 fully saturated rings. The Labute approximate surface area is 265 Å². The molecule has 5 rings (SSSR count). The summed E-state index contributed by atoms with van der Waals surface area (Å²) in [5, 5.41) is 22.8. The summed E-state index contributed by atoms with van der Waals surface area (Å²) in [5.41, 5.74) is 9.35. The summed E-state index contributed by atoms with van der Waals surface area (Å²) < 4.78 is 5.53. The summed E-state index contributed by atoms with van der Waals surface area (Å²) >= 11 is 0. The van der Waals surface area contributed by atoms with Gasteiger partial charge in [-0.3, -0.25) is 4.99 Å². The number of carbonyl (C=O) groups is 1. The number of phenolic OH excluding ortho intramolecular Hbond substituents is 1. The van der Waals surface area contributed by atoms with Crippen molar-refractivity contribution in [1.29, 1.82) is 0 Å². The van der Waals surface area contributed by atoms with E-state index in [2.05, 4.69) is 25.4 Å². The molecule has 0 atom stereocenters. The molecule has 0 spiro atoms. The van der Waals surface area contributed by atoms with E-state index in [4.69, 9.17) is 20.4 Å². The number of nitrogens with zero attached hydrogens (tertiary/aromatic N) is 7. The number of benzene rings is 1. The van der Waals surface area contributed by atoms with Crippen LogP contribution in [0.15, 0.2) is 47.7 Å². The van der Waals surface area contributed by atoms with Gasteiger partial charge in [0.15, 0.2) is 5.69 Å². The quantitative estimate of drug-likeness (QED) is 0.246. The van der Waals surface area contributed by atoms with Crippen molar-refractivity contribution in [3.05, 3.63) is 54.0 Å². The fourth-order valence-electron chi connectivity index (χ4n) is 5.72. The van der Waals surface area contributed by atoms with E-state index < -0.39 is 5.60 Å². The molecule has 12 heteroatoms. The Kier molecular flexibility index (Phi) is 9.69. The fraction of sp³-hybridized carbons (Fsp3) is 0.515. The molecular formula is C33H45N9O3. The molecule has 4 heterocycles. The zero-order chi connectivity index (χ0) is 32.1. The van der Waals surface area contributed by atoms with E-state index in [0.29, 0.717) is 41.8 Å². The fourth-order valence-corrected chi connectivity index (χ4v) is 5.72. The molecule has 0 radical (unpaired) electrons. The van der Waals surface area contributed by atoms with Gasteiger partial charge in [-0.15, -0.1) is 10.2 Å². The minimum atomic E-state index is -0.492. The first-order valence-corrected chi connectivity index (χ1v) is 15.8. The maximum atomic E-state index is 12.4. The lowest BCUT2D eigenvalue weighted by Crippen LogP contribution is -2.41. The number of aliphatic imine (C=N–C) groups is 1. The van der Waals surface area contributed by atoms with E-state index >= 15 is 0 Å². The van der Waals surface area contributed by atoms with Crippen LogP contribution in [-0.4, -0.2) is 86.0 Å². The number of anilines is 2. The van der Waals surface area contributed by atoms with Crippen LogP contribution in [0.1, 0.15) is 77.5 Å². The molecule has 2 aliphatic heterocycles. The van der Waals surface area contributed by atoms with E-state index in [1.54, 1.807) is 17.0 Å². The van der Waals surface area contributed by atoms with Gasteiger partial charge >= 0.3 is 6.09 Å². The monoisotopic (exact) mass is 615 g/mol. The third-order valence-corrected chi connectivity index (χ3v) is 8.03. The van der Waals surface area contributed by atoms with Crippen molar-refractivity contribution in [2.24, 2.45) is 10.7 Å². The Morgan fingerprint density at radius 3 is 2.33 bits per heavy atom. The topological polar surface area (TPSA) is 155 Å². The SMILES string of the molecule is CC(C)N=C(N)c1nnc(-c2ccccc2O)cc1NC1CCN(c2ncc(C3CCN(C(=O)OC(C)(C)C)CC3)cn2)CC1. The standard InChI is InChI=1S/C33H45N9O3/c1-21(2)37-30(34)29-27(18-26(39-40-29)25-8-6-7-9-28(25)43)38-24-12-16-41(17-13-24)31-35-19-23(20-36-31)22-10-14-42(15-11-22)32(44)45-33(3,4)5/h6-9,18-22,24,43H,10-17H2,1-5H3,(H2,34,37)(H,38,39). The lowest BCUT2D eigenvalue weighted by molar-refractivity contribution is 0.0204. The minimum Gasteiger partial charge on any atom is -0.507 e. The smallest absolute Gasteiger partial charge is 0.410 e. The van der Waals surface area contributed by atoms with E-state index in [9.17, 15) is 9.90 Å². The molecule has 1 aromatic carbocycles. The lowest BCUT2D eigenvalue weighted by atomic mass is 9.91. The Morgan fingerprint density at radius 1 is 1.04 bits per heavy atom. The van der Waals surface area contributed by atoms with Crippen molar-refractivity contribution < 1.29 is 14.6 Å². The van der Waals surface area contributed by atoms with E-state index in [0.717, 1.165) is 56.0 Å². The summed E-state index contributed by atoms with van der Waals surface area (Å²) in [7, 11) is 0. The molecule has 3 aromatic rings. The van der Waals surface area contributed by atoms with Crippen molar-refractivity contribution in [3.8, 4) is 17.0 Å². The molecule has 0 bridgehead atoms. The highest BCUT2D eigenvalue weighted by atomic mass is 16.6. The summed E-state index contributed by atoms with van der Waals surface area (Å²) in [6.45, 7) is 12.5. The van der Waals surface area contributed by atoms with Gasteiger partial charge < -0.3 is 30.7 Å². The number of para-hydroxylation sites is 1. The second kappa shape index (κ2) is 13.7. The van der Waals surface area contributed by atoms with Crippen molar-refractivity contribution in [2.75, 3.05) is 36.4 Å². The molecular weight excluding hydrogens is 570 g/mol. The minimum absolute atomic E-state index is 0.0113. The third-order valence-electron chi connectivity index (χ3n) is 8.03. The van der Waals surface area contributed by atoms with Crippen LogP contribution in [0.5, 0.6) is 5.75 Å². The molecule has 0 aliphatic carbocycles. The van der Waals surface area contributed by atoms with E-state index in [1.807, 2.05) is 65.2 Å². The number of phenols is 1. The number of aromatic hydroxyl groups is 1. The second-order valence-electron chi connectivity index (χ2n) is 13.1.